The number of pyridine rings is 1. The van der Waals surface area contributed by atoms with Crippen LogP contribution in [0.25, 0.3) is 5.65 Å². The van der Waals surface area contributed by atoms with E-state index in [0.29, 0.717) is 22.8 Å². The molecule has 8 nitrogen and oxygen atoms in total. The van der Waals surface area contributed by atoms with Gasteiger partial charge in [0.25, 0.3) is 10.0 Å². The van der Waals surface area contributed by atoms with Crippen molar-refractivity contribution in [2.24, 2.45) is 0 Å². The van der Waals surface area contributed by atoms with Crippen LogP contribution >= 0.6 is 0 Å². The third kappa shape index (κ3) is 3.79. The van der Waals surface area contributed by atoms with E-state index in [4.69, 9.17) is 9.47 Å². The fraction of sp³-hybridized carbons (Fsp3) is 0.143. The molecule has 0 aliphatic carbocycles. The lowest BCUT2D eigenvalue weighted by atomic mass is 10.2. The molecule has 0 amide bonds. The second kappa shape index (κ2) is 8.03. The molecule has 0 saturated heterocycles. The predicted molar refractivity (Wildman–Crippen MR) is 112 cm³/mol. The van der Waals surface area contributed by atoms with E-state index in [9.17, 15) is 8.42 Å². The van der Waals surface area contributed by atoms with Crippen LogP contribution in [0.4, 0.5) is 5.69 Å². The van der Waals surface area contributed by atoms with Crippen LogP contribution in [0.3, 0.4) is 0 Å². The van der Waals surface area contributed by atoms with E-state index in [1.807, 2.05) is 12.1 Å². The second-order valence-corrected chi connectivity index (χ2v) is 8.38. The number of nitrogens with zero attached hydrogens (tertiary/aromatic N) is 4. The highest BCUT2D eigenvalue weighted by molar-refractivity contribution is 7.92. The van der Waals surface area contributed by atoms with Crippen molar-refractivity contribution in [1.82, 2.24) is 14.6 Å². The Bertz CT molecular complexity index is 1270. The Hall–Kier alpha value is -3.59. The fourth-order valence-electron chi connectivity index (χ4n) is 3.06. The first-order chi connectivity index (χ1) is 14.5. The average Bonchev–Trinajstić information content (AvgIpc) is 3.26. The number of ether oxygens (including phenoxy) is 2. The molecule has 154 valence electrons. The van der Waals surface area contributed by atoms with Crippen LogP contribution in [0.1, 0.15) is 5.56 Å². The van der Waals surface area contributed by atoms with Crippen molar-refractivity contribution in [2.45, 2.75) is 11.4 Å². The predicted octanol–water partition coefficient (Wildman–Crippen LogP) is 3.14. The minimum Gasteiger partial charge on any atom is -0.497 e. The monoisotopic (exact) mass is 424 g/mol. The molecule has 0 atom stereocenters. The van der Waals surface area contributed by atoms with Crippen LogP contribution in [-0.2, 0) is 16.6 Å². The number of sulfonamides is 1. The van der Waals surface area contributed by atoms with E-state index in [1.54, 1.807) is 61.1 Å². The van der Waals surface area contributed by atoms with Gasteiger partial charge in [0.15, 0.2) is 5.65 Å². The number of methoxy groups -OCH3 is 2. The molecule has 0 aliphatic heterocycles. The summed E-state index contributed by atoms with van der Waals surface area (Å²) in [5.74, 6) is 1.27. The maximum atomic E-state index is 13.6. The molecule has 0 radical (unpaired) electrons. The lowest BCUT2D eigenvalue weighted by Gasteiger charge is -2.25. The van der Waals surface area contributed by atoms with Gasteiger partial charge >= 0.3 is 0 Å². The summed E-state index contributed by atoms with van der Waals surface area (Å²) in [5, 5.41) is 7.74. The minimum absolute atomic E-state index is 0.131. The van der Waals surface area contributed by atoms with E-state index in [0.717, 1.165) is 5.56 Å². The van der Waals surface area contributed by atoms with Gasteiger partial charge in [-0.1, -0.05) is 18.2 Å². The molecule has 0 N–H and O–H groups in total. The summed E-state index contributed by atoms with van der Waals surface area (Å²) >= 11 is 0. The Morgan fingerprint density at radius 2 is 1.73 bits per heavy atom. The average molecular weight is 424 g/mol. The van der Waals surface area contributed by atoms with Crippen LogP contribution in [-0.4, -0.2) is 37.2 Å². The first-order valence-electron chi connectivity index (χ1n) is 9.10. The number of hydrogen-bond donors (Lipinski definition) is 0. The van der Waals surface area contributed by atoms with Gasteiger partial charge in [0.1, 0.15) is 22.7 Å². The summed E-state index contributed by atoms with van der Waals surface area (Å²) in [6.45, 7) is 0.139. The van der Waals surface area contributed by atoms with Gasteiger partial charge in [-0.2, -0.15) is 0 Å². The van der Waals surface area contributed by atoms with E-state index < -0.39 is 10.0 Å². The van der Waals surface area contributed by atoms with Gasteiger partial charge in [-0.3, -0.25) is 8.71 Å². The molecule has 0 fully saturated rings. The van der Waals surface area contributed by atoms with E-state index in [-0.39, 0.29) is 11.4 Å². The Labute approximate surface area is 174 Å². The highest BCUT2D eigenvalue weighted by Gasteiger charge is 2.26. The standard InChI is InChI=1S/C21H20N4O4S/c1-28-18-8-6-16(7-9-18)13-25(17-4-3-5-19(12-17)29-2)30(26,27)20-10-11-21-23-22-15-24(21)14-20/h3-12,14-15H,13H2,1-2H3. The zero-order valence-corrected chi connectivity index (χ0v) is 17.3. The summed E-state index contributed by atoms with van der Waals surface area (Å²) in [5.41, 5.74) is 1.87. The maximum Gasteiger partial charge on any atom is 0.266 e. The van der Waals surface area contributed by atoms with Gasteiger partial charge in [-0.05, 0) is 42.0 Å². The molecular formula is C21H20N4O4S. The molecule has 0 spiro atoms. The third-order valence-electron chi connectivity index (χ3n) is 4.68. The molecular weight excluding hydrogens is 404 g/mol. The molecule has 0 unspecified atom stereocenters. The van der Waals surface area contributed by atoms with Gasteiger partial charge in [0.2, 0.25) is 0 Å². The van der Waals surface area contributed by atoms with Crippen LogP contribution in [0.15, 0.2) is 78.1 Å². The van der Waals surface area contributed by atoms with Crippen molar-refractivity contribution in [3.8, 4) is 11.5 Å². The highest BCUT2D eigenvalue weighted by atomic mass is 32.2. The SMILES string of the molecule is COc1ccc(CN(c2cccc(OC)c2)S(=O)(=O)c2ccc3nncn3c2)cc1. The second-order valence-electron chi connectivity index (χ2n) is 6.52. The smallest absolute Gasteiger partial charge is 0.266 e. The Balaban J connectivity index is 1.79. The lowest BCUT2D eigenvalue weighted by molar-refractivity contribution is 0.414. The fourth-order valence-corrected chi connectivity index (χ4v) is 4.52. The number of aromatic nitrogens is 3. The maximum absolute atomic E-state index is 13.6. The minimum atomic E-state index is -3.89. The zero-order chi connectivity index (χ0) is 21.1. The normalized spacial score (nSPS) is 11.4. The first-order valence-corrected chi connectivity index (χ1v) is 10.5. The number of fused-ring (bicyclic) bond motifs is 1. The molecule has 2 heterocycles. The zero-order valence-electron chi connectivity index (χ0n) is 16.5. The number of hydrogen-bond acceptors (Lipinski definition) is 6. The number of benzene rings is 2. The van der Waals surface area contributed by atoms with Gasteiger partial charge in [-0.25, -0.2) is 8.42 Å². The quantitative estimate of drug-likeness (QED) is 0.453. The van der Waals surface area contributed by atoms with E-state index >= 15 is 0 Å². The van der Waals surface area contributed by atoms with Crippen LogP contribution in [0, 0.1) is 0 Å². The molecule has 4 aromatic rings. The van der Waals surface area contributed by atoms with Gasteiger partial charge in [0, 0.05) is 12.3 Å². The topological polar surface area (TPSA) is 86.0 Å². The third-order valence-corrected chi connectivity index (χ3v) is 6.44. The largest absolute Gasteiger partial charge is 0.497 e. The van der Waals surface area contributed by atoms with Crippen molar-refractivity contribution >= 4 is 21.4 Å². The van der Waals surface area contributed by atoms with Gasteiger partial charge in [0.05, 0.1) is 26.5 Å². The van der Waals surface area contributed by atoms with Crippen molar-refractivity contribution in [3.05, 3.63) is 78.8 Å². The van der Waals surface area contributed by atoms with Gasteiger partial charge in [-0.15, -0.1) is 10.2 Å². The summed E-state index contributed by atoms with van der Waals surface area (Å²) in [4.78, 5) is 0.131. The van der Waals surface area contributed by atoms with Crippen LogP contribution < -0.4 is 13.8 Å². The van der Waals surface area contributed by atoms with Crippen molar-refractivity contribution in [2.75, 3.05) is 18.5 Å². The molecule has 0 saturated carbocycles. The summed E-state index contributed by atoms with van der Waals surface area (Å²) < 4.78 is 40.7. The molecule has 2 aromatic heterocycles. The Kier molecular flexibility index (Phi) is 5.28. The molecule has 4 rings (SSSR count). The Morgan fingerprint density at radius 3 is 2.47 bits per heavy atom. The summed E-state index contributed by atoms with van der Waals surface area (Å²) in [6.07, 6.45) is 2.97. The molecule has 9 heteroatoms. The summed E-state index contributed by atoms with van der Waals surface area (Å²) in [7, 11) is -0.763. The molecule has 0 aliphatic rings. The molecule has 0 bridgehead atoms. The number of anilines is 1. The van der Waals surface area contributed by atoms with Crippen LogP contribution in [0.2, 0.25) is 0 Å². The van der Waals surface area contributed by atoms with Crippen molar-refractivity contribution in [1.29, 1.82) is 0 Å². The van der Waals surface area contributed by atoms with E-state index in [1.165, 1.54) is 22.9 Å². The molecule has 2 aromatic carbocycles. The Morgan fingerprint density at radius 1 is 0.967 bits per heavy atom. The highest BCUT2D eigenvalue weighted by Crippen LogP contribution is 2.29. The van der Waals surface area contributed by atoms with E-state index in [2.05, 4.69) is 10.2 Å². The molecule has 30 heavy (non-hydrogen) atoms. The van der Waals surface area contributed by atoms with Crippen LogP contribution in [0.5, 0.6) is 11.5 Å². The summed E-state index contributed by atoms with van der Waals surface area (Å²) in [6, 6.07) is 17.4. The van der Waals surface area contributed by atoms with Gasteiger partial charge < -0.3 is 9.47 Å². The number of rotatable bonds is 7. The van der Waals surface area contributed by atoms with Crippen molar-refractivity contribution in [3.63, 3.8) is 0 Å². The lowest BCUT2D eigenvalue weighted by Crippen LogP contribution is -2.30. The van der Waals surface area contributed by atoms with Crippen molar-refractivity contribution < 1.29 is 17.9 Å². The first kappa shape index (κ1) is 19.7.